The van der Waals surface area contributed by atoms with Crippen molar-refractivity contribution in [2.75, 3.05) is 13.2 Å². The molecule has 0 aliphatic carbocycles. The molecule has 3 aromatic rings. The first-order valence-corrected chi connectivity index (χ1v) is 12.1. The number of benzene rings is 2. The highest BCUT2D eigenvalue weighted by Crippen LogP contribution is 2.48. The molecule has 2 aliphatic rings. The minimum Gasteiger partial charge on any atom is -0.371 e. The number of ether oxygens (including phenoxy) is 1. The van der Waals surface area contributed by atoms with Gasteiger partial charge in [0, 0.05) is 26.2 Å². The number of imidazole rings is 1. The fraction of sp³-hybridized carbons (Fsp3) is 0.519. The van der Waals surface area contributed by atoms with Crippen molar-refractivity contribution in [1.82, 2.24) is 14.0 Å². The third-order valence-electron chi connectivity index (χ3n) is 8.02. The monoisotopic (exact) mass is 451 g/mol. The fourth-order valence-electron chi connectivity index (χ4n) is 6.09. The lowest BCUT2D eigenvalue weighted by Crippen LogP contribution is -2.53. The first-order chi connectivity index (χ1) is 15.8. The molecular formula is C27H34FN3O2. The molecule has 3 atom stereocenters. The van der Waals surface area contributed by atoms with E-state index in [-0.39, 0.29) is 23.1 Å². The van der Waals surface area contributed by atoms with Crippen LogP contribution in [0.25, 0.3) is 11.0 Å². The highest BCUT2D eigenvalue weighted by Gasteiger charge is 2.48. The van der Waals surface area contributed by atoms with Crippen molar-refractivity contribution in [2.45, 2.75) is 51.3 Å². The molecule has 1 spiro atoms. The molecule has 0 bridgehead atoms. The number of halogens is 1. The Morgan fingerprint density at radius 3 is 2.67 bits per heavy atom. The molecule has 176 valence electrons. The molecule has 0 amide bonds. The van der Waals surface area contributed by atoms with Crippen LogP contribution in [0, 0.1) is 17.7 Å². The molecule has 5 rings (SSSR count). The molecule has 3 heterocycles. The van der Waals surface area contributed by atoms with Crippen molar-refractivity contribution >= 4 is 11.0 Å². The highest BCUT2D eigenvalue weighted by molar-refractivity contribution is 5.76. The minimum absolute atomic E-state index is 0.00337. The second-order valence-corrected chi connectivity index (χ2v) is 10.4. The van der Waals surface area contributed by atoms with Crippen LogP contribution in [-0.2, 0) is 25.4 Å². The van der Waals surface area contributed by atoms with Gasteiger partial charge in [-0.25, -0.2) is 9.18 Å². The smallest absolute Gasteiger partial charge is 0.328 e. The summed E-state index contributed by atoms with van der Waals surface area (Å²) in [4.78, 5) is 14.9. The molecule has 2 aromatic carbocycles. The van der Waals surface area contributed by atoms with Crippen molar-refractivity contribution in [1.29, 1.82) is 0 Å². The van der Waals surface area contributed by atoms with Crippen LogP contribution in [0.3, 0.4) is 0 Å². The van der Waals surface area contributed by atoms with Gasteiger partial charge in [0.25, 0.3) is 0 Å². The van der Waals surface area contributed by atoms with E-state index in [9.17, 15) is 9.18 Å². The number of fused-ring (bicyclic) bond motifs is 1. The SMILES string of the molecule is CC(C)[C@@H]1C[C@@]2(CCCN2Cc2ccc3c(c2)n(C)c(=O)n3C)CO[C@H]1c1cccc(F)c1. The average Bonchev–Trinajstić information content (AvgIpc) is 3.27. The molecule has 33 heavy (non-hydrogen) atoms. The summed E-state index contributed by atoms with van der Waals surface area (Å²) in [6.07, 6.45) is 3.27. The van der Waals surface area contributed by atoms with Gasteiger partial charge in [-0.05, 0) is 73.0 Å². The maximum Gasteiger partial charge on any atom is 0.328 e. The Hall–Kier alpha value is -2.44. The molecular weight excluding hydrogens is 417 g/mol. The zero-order valence-electron chi connectivity index (χ0n) is 20.1. The van der Waals surface area contributed by atoms with Gasteiger partial charge in [-0.3, -0.25) is 14.0 Å². The maximum atomic E-state index is 13.9. The van der Waals surface area contributed by atoms with Gasteiger partial charge in [-0.1, -0.05) is 32.0 Å². The quantitative estimate of drug-likeness (QED) is 0.573. The Labute approximate surface area is 194 Å². The Kier molecular flexibility index (Phi) is 5.69. The Morgan fingerprint density at radius 1 is 1.12 bits per heavy atom. The van der Waals surface area contributed by atoms with Gasteiger partial charge in [0.2, 0.25) is 0 Å². The summed E-state index contributed by atoms with van der Waals surface area (Å²) >= 11 is 0. The highest BCUT2D eigenvalue weighted by atomic mass is 19.1. The summed E-state index contributed by atoms with van der Waals surface area (Å²) in [7, 11) is 3.65. The number of hydrogen-bond donors (Lipinski definition) is 0. The average molecular weight is 452 g/mol. The van der Waals surface area contributed by atoms with Crippen LogP contribution >= 0.6 is 0 Å². The molecule has 2 saturated heterocycles. The first-order valence-electron chi connectivity index (χ1n) is 12.1. The molecule has 5 nitrogen and oxygen atoms in total. The van der Waals surface area contributed by atoms with Crippen LogP contribution in [0.4, 0.5) is 4.39 Å². The summed E-state index contributed by atoms with van der Waals surface area (Å²) < 4.78 is 23.9. The lowest BCUT2D eigenvalue weighted by molar-refractivity contribution is -0.122. The van der Waals surface area contributed by atoms with Crippen LogP contribution in [-0.4, -0.2) is 32.7 Å². The molecule has 2 fully saturated rings. The van der Waals surface area contributed by atoms with E-state index in [2.05, 4.69) is 36.9 Å². The number of likely N-dealkylation sites (tertiary alicyclic amines) is 1. The van der Waals surface area contributed by atoms with Gasteiger partial charge in [0.05, 0.1) is 23.7 Å². The number of rotatable bonds is 4. The standard InChI is InChI=1S/C27H34FN3O2/c1-18(2)22-15-27(17-33-25(22)20-7-5-8-21(28)14-20)11-6-12-31(27)16-19-9-10-23-24(13-19)30(4)26(32)29(23)3/h5,7-10,13-14,18,22,25H,6,11-12,15-17H2,1-4H3/t22-,25-,27-/m0/s1. The lowest BCUT2D eigenvalue weighted by atomic mass is 9.73. The van der Waals surface area contributed by atoms with Gasteiger partial charge in [-0.15, -0.1) is 0 Å². The molecule has 0 N–H and O–H groups in total. The Bertz CT molecular complexity index is 1230. The van der Waals surface area contributed by atoms with Gasteiger partial charge in [0.15, 0.2) is 0 Å². The van der Waals surface area contributed by atoms with Crippen LogP contribution < -0.4 is 5.69 Å². The van der Waals surface area contributed by atoms with Gasteiger partial charge < -0.3 is 4.74 Å². The third kappa shape index (κ3) is 3.83. The zero-order valence-corrected chi connectivity index (χ0v) is 20.1. The van der Waals surface area contributed by atoms with E-state index in [0.29, 0.717) is 18.4 Å². The van der Waals surface area contributed by atoms with Crippen molar-refractivity contribution < 1.29 is 9.13 Å². The molecule has 6 heteroatoms. The molecule has 1 aromatic heterocycles. The maximum absolute atomic E-state index is 13.9. The predicted molar refractivity (Wildman–Crippen MR) is 129 cm³/mol. The van der Waals surface area contributed by atoms with Crippen molar-refractivity contribution in [3.8, 4) is 0 Å². The summed E-state index contributed by atoms with van der Waals surface area (Å²) in [5.74, 6) is 0.568. The van der Waals surface area contributed by atoms with Crippen LogP contribution in [0.5, 0.6) is 0 Å². The van der Waals surface area contributed by atoms with E-state index in [0.717, 1.165) is 48.9 Å². The topological polar surface area (TPSA) is 39.4 Å². The minimum atomic E-state index is -0.202. The molecule has 0 saturated carbocycles. The van der Waals surface area contributed by atoms with Crippen molar-refractivity contribution in [3.63, 3.8) is 0 Å². The number of hydrogen-bond acceptors (Lipinski definition) is 3. The predicted octanol–water partition coefficient (Wildman–Crippen LogP) is 4.78. The van der Waals surface area contributed by atoms with Crippen LogP contribution in [0.2, 0.25) is 0 Å². The van der Waals surface area contributed by atoms with Gasteiger partial charge in [-0.2, -0.15) is 0 Å². The van der Waals surface area contributed by atoms with E-state index in [4.69, 9.17) is 4.74 Å². The number of nitrogens with zero attached hydrogens (tertiary/aromatic N) is 3. The van der Waals surface area contributed by atoms with Crippen molar-refractivity contribution in [3.05, 3.63) is 69.9 Å². The van der Waals surface area contributed by atoms with Crippen molar-refractivity contribution in [2.24, 2.45) is 25.9 Å². The van der Waals surface area contributed by atoms with E-state index in [1.54, 1.807) is 21.3 Å². The van der Waals surface area contributed by atoms with E-state index < -0.39 is 0 Å². The Balaban J connectivity index is 1.41. The van der Waals surface area contributed by atoms with Crippen LogP contribution in [0.15, 0.2) is 47.3 Å². The van der Waals surface area contributed by atoms with E-state index in [1.807, 2.05) is 20.2 Å². The summed E-state index contributed by atoms with van der Waals surface area (Å²) in [6.45, 7) is 7.07. The second kappa shape index (κ2) is 8.41. The molecule has 0 radical (unpaired) electrons. The largest absolute Gasteiger partial charge is 0.371 e. The third-order valence-corrected chi connectivity index (χ3v) is 8.02. The fourth-order valence-corrected chi connectivity index (χ4v) is 6.09. The summed E-state index contributed by atoms with van der Waals surface area (Å²) in [5.41, 5.74) is 4.11. The van der Waals surface area contributed by atoms with Crippen LogP contribution in [0.1, 0.15) is 50.3 Å². The van der Waals surface area contributed by atoms with Gasteiger partial charge >= 0.3 is 5.69 Å². The summed E-state index contributed by atoms with van der Waals surface area (Å²) in [5, 5.41) is 0. The number of aryl methyl sites for hydroxylation is 2. The number of aromatic nitrogens is 2. The molecule has 0 unspecified atom stereocenters. The van der Waals surface area contributed by atoms with Gasteiger partial charge in [0.1, 0.15) is 5.82 Å². The first kappa shape index (κ1) is 22.4. The normalized spacial score (nSPS) is 26.1. The van der Waals surface area contributed by atoms with E-state index in [1.165, 1.54) is 11.6 Å². The second-order valence-electron chi connectivity index (χ2n) is 10.4. The lowest BCUT2D eigenvalue weighted by Gasteiger charge is -2.49. The van der Waals surface area contributed by atoms with E-state index >= 15 is 0 Å². The Morgan fingerprint density at radius 2 is 1.91 bits per heavy atom. The molecule has 2 aliphatic heterocycles. The zero-order chi connectivity index (χ0) is 23.3. The summed E-state index contributed by atoms with van der Waals surface area (Å²) in [6, 6.07) is 13.3.